The Morgan fingerprint density at radius 3 is 2.35 bits per heavy atom. The molecule has 1 atom stereocenters. The maximum atomic E-state index is 14.0. The van der Waals surface area contributed by atoms with Crippen molar-refractivity contribution in [1.82, 2.24) is 9.80 Å². The lowest BCUT2D eigenvalue weighted by Crippen LogP contribution is -2.53. The van der Waals surface area contributed by atoms with Crippen LogP contribution in [0.3, 0.4) is 0 Å². The van der Waals surface area contributed by atoms with Crippen molar-refractivity contribution >= 4 is 44.8 Å². The number of nitrogens with zero attached hydrogens (tertiary/aromatic N) is 3. The topological polar surface area (TPSA) is 70.2 Å². The molecular formula is C30H33Cl2N3O4S. The molecule has 3 aromatic carbocycles. The molecule has 1 unspecified atom stereocenters. The van der Waals surface area contributed by atoms with E-state index >= 15 is 0 Å². The molecule has 10 heteroatoms. The number of rotatable bonds is 7. The molecule has 2 aliphatic heterocycles. The molecule has 0 spiro atoms. The van der Waals surface area contributed by atoms with E-state index < -0.39 is 10.0 Å². The minimum Gasteiger partial charge on any atom is -0.379 e. The van der Waals surface area contributed by atoms with E-state index in [1.54, 1.807) is 29.2 Å². The molecule has 212 valence electrons. The minimum atomic E-state index is -4.06. The molecule has 2 heterocycles. The van der Waals surface area contributed by atoms with Gasteiger partial charge in [-0.25, -0.2) is 8.42 Å². The molecule has 0 bridgehead atoms. The van der Waals surface area contributed by atoms with Crippen LogP contribution in [-0.2, 0) is 21.3 Å². The third-order valence-electron chi connectivity index (χ3n) is 7.68. The van der Waals surface area contributed by atoms with Crippen molar-refractivity contribution in [2.24, 2.45) is 0 Å². The van der Waals surface area contributed by atoms with Crippen LogP contribution in [0.5, 0.6) is 0 Å². The number of morpholine rings is 1. The second kappa shape index (κ2) is 12.5. The van der Waals surface area contributed by atoms with Gasteiger partial charge in [0.25, 0.3) is 15.9 Å². The predicted molar refractivity (Wildman–Crippen MR) is 159 cm³/mol. The fourth-order valence-electron chi connectivity index (χ4n) is 5.48. The lowest BCUT2D eigenvalue weighted by atomic mass is 10.00. The van der Waals surface area contributed by atoms with Gasteiger partial charge in [-0.3, -0.25) is 14.0 Å². The number of hydrogen-bond acceptors (Lipinski definition) is 5. The van der Waals surface area contributed by atoms with Crippen molar-refractivity contribution in [2.75, 3.05) is 37.2 Å². The Morgan fingerprint density at radius 1 is 0.975 bits per heavy atom. The highest BCUT2D eigenvalue weighted by molar-refractivity contribution is 7.92. The first kappa shape index (κ1) is 28.9. The van der Waals surface area contributed by atoms with E-state index in [0.29, 0.717) is 35.9 Å². The summed E-state index contributed by atoms with van der Waals surface area (Å²) < 4.78 is 35.0. The van der Waals surface area contributed by atoms with E-state index in [2.05, 4.69) is 11.8 Å². The normalized spacial score (nSPS) is 19.0. The summed E-state index contributed by atoms with van der Waals surface area (Å²) in [6.45, 7) is 5.83. The van der Waals surface area contributed by atoms with E-state index in [0.717, 1.165) is 38.2 Å². The Balaban J connectivity index is 1.39. The summed E-state index contributed by atoms with van der Waals surface area (Å²) in [5.74, 6) is -0.253. The number of carbonyl (C=O) groups is 1. The number of likely N-dealkylation sites (tertiary alicyclic amines) is 1. The van der Waals surface area contributed by atoms with Crippen molar-refractivity contribution < 1.29 is 17.9 Å². The van der Waals surface area contributed by atoms with Crippen molar-refractivity contribution in [1.29, 1.82) is 0 Å². The first-order valence-electron chi connectivity index (χ1n) is 13.5. The number of hydrogen-bond donors (Lipinski definition) is 0. The molecule has 0 aliphatic carbocycles. The molecule has 2 fully saturated rings. The van der Waals surface area contributed by atoms with Crippen molar-refractivity contribution in [2.45, 2.75) is 43.3 Å². The van der Waals surface area contributed by atoms with Gasteiger partial charge in [0.2, 0.25) is 0 Å². The van der Waals surface area contributed by atoms with Crippen molar-refractivity contribution in [3.8, 4) is 0 Å². The second-order valence-electron chi connectivity index (χ2n) is 10.3. The van der Waals surface area contributed by atoms with Crippen LogP contribution in [0.2, 0.25) is 10.0 Å². The smallest absolute Gasteiger partial charge is 0.264 e. The third kappa shape index (κ3) is 6.31. The van der Waals surface area contributed by atoms with Crippen LogP contribution < -0.4 is 4.31 Å². The SMILES string of the molecule is CC1COCCN1C1CCN(C(=O)c2cc(S(=O)(=O)N(Cc3ccccc3)c3ccc(Cl)cc3)ccc2Cl)CC1. The van der Waals surface area contributed by atoms with Gasteiger partial charge in [0.15, 0.2) is 0 Å². The van der Waals surface area contributed by atoms with Gasteiger partial charge in [-0.05, 0) is 67.8 Å². The highest BCUT2D eigenvalue weighted by Gasteiger charge is 2.33. The fourth-order valence-corrected chi connectivity index (χ4v) is 7.28. The Bertz CT molecular complexity index is 1430. The zero-order valence-corrected chi connectivity index (χ0v) is 24.7. The Morgan fingerprint density at radius 2 is 1.68 bits per heavy atom. The van der Waals surface area contributed by atoms with E-state index in [9.17, 15) is 13.2 Å². The number of benzene rings is 3. The first-order chi connectivity index (χ1) is 19.2. The Labute approximate surface area is 246 Å². The molecule has 2 aliphatic rings. The monoisotopic (exact) mass is 601 g/mol. The van der Waals surface area contributed by atoms with Crippen LogP contribution in [-0.4, -0.2) is 69.1 Å². The van der Waals surface area contributed by atoms with Gasteiger partial charge in [0, 0.05) is 36.7 Å². The quantitative estimate of drug-likeness (QED) is 0.347. The summed E-state index contributed by atoms with van der Waals surface area (Å²) in [5, 5.41) is 0.737. The van der Waals surface area contributed by atoms with Gasteiger partial charge in [-0.15, -0.1) is 0 Å². The highest BCUT2D eigenvalue weighted by Crippen LogP contribution is 2.31. The molecular weight excluding hydrogens is 569 g/mol. The van der Waals surface area contributed by atoms with E-state index in [1.807, 2.05) is 30.3 Å². The van der Waals surface area contributed by atoms with E-state index in [1.165, 1.54) is 22.5 Å². The largest absolute Gasteiger partial charge is 0.379 e. The minimum absolute atomic E-state index is 0.00292. The standard InChI is InChI=1S/C30H33Cl2N3O4S/c1-22-21-39-18-17-34(22)25-13-15-33(16-14-25)30(36)28-19-27(11-12-29(28)32)40(37,38)35(20-23-5-3-2-4-6-23)26-9-7-24(31)8-10-26/h2-12,19,22,25H,13-18,20-21H2,1H3. The molecule has 2 saturated heterocycles. The molecule has 0 aromatic heterocycles. The number of ether oxygens (including phenoxy) is 1. The van der Waals surface area contributed by atoms with Gasteiger partial charge >= 0.3 is 0 Å². The van der Waals surface area contributed by atoms with Gasteiger partial charge in [0.1, 0.15) is 0 Å². The lowest BCUT2D eigenvalue weighted by molar-refractivity contribution is -0.0335. The molecule has 7 nitrogen and oxygen atoms in total. The van der Waals surface area contributed by atoms with Crippen LogP contribution in [0.4, 0.5) is 5.69 Å². The number of piperidine rings is 1. The molecule has 3 aromatic rings. The molecule has 40 heavy (non-hydrogen) atoms. The maximum Gasteiger partial charge on any atom is 0.264 e. The van der Waals surface area contributed by atoms with E-state index in [-0.39, 0.29) is 27.9 Å². The van der Waals surface area contributed by atoms with Crippen molar-refractivity contribution in [3.63, 3.8) is 0 Å². The van der Waals surface area contributed by atoms with Gasteiger partial charge in [0.05, 0.1) is 40.9 Å². The number of anilines is 1. The molecule has 5 rings (SSSR count). The van der Waals surface area contributed by atoms with Crippen LogP contribution in [0.15, 0.2) is 77.7 Å². The predicted octanol–water partition coefficient (Wildman–Crippen LogP) is 5.71. The Kier molecular flexibility index (Phi) is 9.02. The van der Waals surface area contributed by atoms with Crippen LogP contribution in [0.25, 0.3) is 0 Å². The van der Waals surface area contributed by atoms with E-state index in [4.69, 9.17) is 27.9 Å². The van der Waals surface area contributed by atoms with Crippen LogP contribution in [0.1, 0.15) is 35.7 Å². The zero-order valence-electron chi connectivity index (χ0n) is 22.4. The van der Waals surface area contributed by atoms with Gasteiger partial charge in [-0.1, -0.05) is 53.5 Å². The average Bonchev–Trinajstić information content (AvgIpc) is 2.97. The summed E-state index contributed by atoms with van der Waals surface area (Å²) >= 11 is 12.6. The summed E-state index contributed by atoms with van der Waals surface area (Å²) in [5.41, 5.74) is 1.48. The number of amides is 1. The molecule has 0 N–H and O–H groups in total. The van der Waals surface area contributed by atoms with Gasteiger partial charge < -0.3 is 9.64 Å². The summed E-state index contributed by atoms with van der Waals surface area (Å²) in [7, 11) is -4.06. The van der Waals surface area contributed by atoms with Crippen LogP contribution >= 0.6 is 23.2 Å². The molecule has 0 saturated carbocycles. The first-order valence-corrected chi connectivity index (χ1v) is 15.7. The number of sulfonamides is 1. The highest BCUT2D eigenvalue weighted by atomic mass is 35.5. The lowest BCUT2D eigenvalue weighted by Gasteiger charge is -2.43. The summed E-state index contributed by atoms with van der Waals surface area (Å²) in [4.78, 5) is 17.9. The summed E-state index contributed by atoms with van der Waals surface area (Å²) in [6, 6.07) is 21.1. The van der Waals surface area contributed by atoms with Gasteiger partial charge in [-0.2, -0.15) is 0 Å². The van der Waals surface area contributed by atoms with Crippen LogP contribution in [0, 0.1) is 0 Å². The number of carbonyl (C=O) groups excluding carboxylic acids is 1. The Hall–Kier alpha value is -2.62. The van der Waals surface area contributed by atoms with Crippen molar-refractivity contribution in [3.05, 3.63) is 94.0 Å². The summed E-state index contributed by atoms with van der Waals surface area (Å²) in [6.07, 6.45) is 1.71. The molecule has 0 radical (unpaired) electrons. The maximum absolute atomic E-state index is 14.0. The zero-order chi connectivity index (χ0) is 28.3. The molecule has 1 amide bonds. The number of halogens is 2. The fraction of sp³-hybridized carbons (Fsp3) is 0.367. The third-order valence-corrected chi connectivity index (χ3v) is 10.0. The second-order valence-corrected chi connectivity index (χ2v) is 13.0. The average molecular weight is 603 g/mol.